The predicted molar refractivity (Wildman–Crippen MR) is 165 cm³/mol. The number of morpholine rings is 1. The molecule has 0 aliphatic carbocycles. The molecule has 1 aromatic carbocycles. The molecule has 14 heteroatoms. The standard InChI is InChI=1S/C27H36N6O4.C4H4O4/c1-29-10-2-3-24(29)26(35)31-13-15-33(16-14-31)27(36)28-22-4-6-23(7-5-22)30-11-8-21(9-12-30)25(34)32-17-19-37-20-18-32;5-3(6)1-2-4(7)8/h2-7,10,21H,8-9,11-20H2,1H3,(H,28,36);1-2H,(H,5,6)(H,7,8)/b;2-1+. The number of piperazine rings is 1. The number of aryl methyl sites for hydroxylation is 1. The van der Waals surface area contributed by atoms with Gasteiger partial charge in [0.25, 0.3) is 5.91 Å². The second-order valence-corrected chi connectivity index (χ2v) is 11.0. The number of carboxylic acids is 2. The third kappa shape index (κ3) is 9.32. The highest BCUT2D eigenvalue weighted by atomic mass is 16.5. The van der Waals surface area contributed by atoms with E-state index in [1.165, 1.54) is 0 Å². The highest BCUT2D eigenvalue weighted by Gasteiger charge is 2.30. The van der Waals surface area contributed by atoms with Gasteiger partial charge < -0.3 is 44.4 Å². The minimum Gasteiger partial charge on any atom is -0.478 e. The first-order valence-electron chi connectivity index (χ1n) is 14.9. The summed E-state index contributed by atoms with van der Waals surface area (Å²) in [6.07, 6.45) is 4.68. The lowest BCUT2D eigenvalue weighted by atomic mass is 9.94. The summed E-state index contributed by atoms with van der Waals surface area (Å²) in [6, 6.07) is 11.4. The average Bonchev–Trinajstić information content (AvgIpc) is 3.50. The number of benzene rings is 1. The third-order valence-corrected chi connectivity index (χ3v) is 8.04. The molecule has 0 atom stereocenters. The van der Waals surface area contributed by atoms with E-state index in [1.54, 1.807) is 9.80 Å². The summed E-state index contributed by atoms with van der Waals surface area (Å²) in [6.45, 7) is 6.39. The van der Waals surface area contributed by atoms with Crippen LogP contribution in [0.3, 0.4) is 0 Å². The molecular formula is C31H40N6O8. The topological polar surface area (TPSA) is 165 Å². The van der Waals surface area contributed by atoms with Crippen molar-refractivity contribution >= 4 is 41.2 Å². The number of hydrogen-bond acceptors (Lipinski definition) is 7. The molecule has 2 aromatic rings. The van der Waals surface area contributed by atoms with Gasteiger partial charge >= 0.3 is 18.0 Å². The molecule has 45 heavy (non-hydrogen) atoms. The minimum atomic E-state index is -1.26. The zero-order chi connectivity index (χ0) is 32.3. The molecule has 242 valence electrons. The lowest BCUT2D eigenvalue weighted by Gasteiger charge is -2.36. The van der Waals surface area contributed by atoms with Gasteiger partial charge in [0.15, 0.2) is 0 Å². The van der Waals surface area contributed by atoms with Crippen molar-refractivity contribution in [2.75, 3.05) is 75.8 Å². The molecule has 4 amide bonds. The van der Waals surface area contributed by atoms with Crippen LogP contribution in [0, 0.1) is 5.92 Å². The van der Waals surface area contributed by atoms with Crippen molar-refractivity contribution in [1.29, 1.82) is 0 Å². The number of urea groups is 1. The number of nitrogens with zero attached hydrogens (tertiary/aromatic N) is 5. The Kier molecular flexibility index (Phi) is 11.6. The number of ether oxygens (including phenoxy) is 1. The summed E-state index contributed by atoms with van der Waals surface area (Å²) < 4.78 is 7.18. The summed E-state index contributed by atoms with van der Waals surface area (Å²) in [5.74, 6) is -2.15. The SMILES string of the molecule is Cn1cccc1C(=O)N1CCN(C(=O)Nc2ccc(N3CCC(C(=O)N4CCOCC4)CC3)cc2)CC1.O=C(O)/C=C/C(=O)O. The van der Waals surface area contributed by atoms with Crippen LogP contribution in [0.15, 0.2) is 54.7 Å². The van der Waals surface area contributed by atoms with Crippen LogP contribution in [0.25, 0.3) is 0 Å². The number of piperidine rings is 1. The van der Waals surface area contributed by atoms with Crippen LogP contribution in [-0.2, 0) is 26.2 Å². The normalized spacial score (nSPS) is 17.4. The van der Waals surface area contributed by atoms with Crippen LogP contribution >= 0.6 is 0 Å². The van der Waals surface area contributed by atoms with Crippen LogP contribution in [0.1, 0.15) is 23.3 Å². The maximum absolute atomic E-state index is 12.8. The van der Waals surface area contributed by atoms with E-state index in [0.717, 1.165) is 37.3 Å². The summed E-state index contributed by atoms with van der Waals surface area (Å²) >= 11 is 0. The molecule has 5 rings (SSSR count). The van der Waals surface area contributed by atoms with E-state index in [9.17, 15) is 24.0 Å². The largest absolute Gasteiger partial charge is 0.478 e. The molecule has 3 aliphatic heterocycles. The van der Waals surface area contributed by atoms with Gasteiger partial charge in [-0.25, -0.2) is 14.4 Å². The molecular weight excluding hydrogens is 584 g/mol. The van der Waals surface area contributed by atoms with Crippen molar-refractivity contribution < 1.29 is 38.9 Å². The van der Waals surface area contributed by atoms with Gasteiger partial charge in [-0.3, -0.25) is 9.59 Å². The first-order chi connectivity index (χ1) is 21.6. The smallest absolute Gasteiger partial charge is 0.328 e. The predicted octanol–water partition coefficient (Wildman–Crippen LogP) is 1.80. The number of aromatic nitrogens is 1. The fraction of sp³-hybridized carbons (Fsp3) is 0.452. The minimum absolute atomic E-state index is 0.00218. The first kappa shape index (κ1) is 33.1. The number of carbonyl (C=O) groups is 5. The molecule has 1 aromatic heterocycles. The van der Waals surface area contributed by atoms with Crippen molar-refractivity contribution in [3.05, 3.63) is 60.4 Å². The van der Waals surface area contributed by atoms with Crippen LogP contribution in [0.5, 0.6) is 0 Å². The molecule has 0 spiro atoms. The van der Waals surface area contributed by atoms with Gasteiger partial charge in [0.1, 0.15) is 5.69 Å². The van der Waals surface area contributed by atoms with Crippen molar-refractivity contribution in [2.45, 2.75) is 12.8 Å². The second-order valence-electron chi connectivity index (χ2n) is 11.0. The number of nitrogens with one attached hydrogen (secondary N) is 1. The molecule has 4 heterocycles. The maximum Gasteiger partial charge on any atom is 0.328 e. The molecule has 0 saturated carbocycles. The fourth-order valence-electron chi connectivity index (χ4n) is 5.49. The Bertz CT molecular complexity index is 1350. The van der Waals surface area contributed by atoms with Crippen molar-refractivity contribution in [2.24, 2.45) is 13.0 Å². The molecule has 3 aliphatic rings. The van der Waals surface area contributed by atoms with Crippen LogP contribution < -0.4 is 10.2 Å². The Hall–Kier alpha value is -4.85. The molecule has 3 fully saturated rings. The van der Waals surface area contributed by atoms with Crippen LogP contribution in [0.2, 0.25) is 0 Å². The van der Waals surface area contributed by atoms with Crippen LogP contribution in [0.4, 0.5) is 16.2 Å². The monoisotopic (exact) mass is 624 g/mol. The van der Waals surface area contributed by atoms with Gasteiger partial charge in [0.05, 0.1) is 13.2 Å². The quantitative estimate of drug-likeness (QED) is 0.407. The van der Waals surface area contributed by atoms with E-state index >= 15 is 0 Å². The van der Waals surface area contributed by atoms with Gasteiger partial charge in [-0.1, -0.05) is 0 Å². The van der Waals surface area contributed by atoms with Crippen LogP contribution in [-0.4, -0.2) is 125 Å². The average molecular weight is 625 g/mol. The zero-order valence-electron chi connectivity index (χ0n) is 25.3. The van der Waals surface area contributed by atoms with Gasteiger partial charge in [-0.2, -0.15) is 0 Å². The number of hydrogen-bond donors (Lipinski definition) is 3. The molecule has 14 nitrogen and oxygen atoms in total. The fourth-order valence-corrected chi connectivity index (χ4v) is 5.49. The number of carbonyl (C=O) groups excluding carboxylic acids is 3. The number of anilines is 2. The van der Waals surface area contributed by atoms with Crippen molar-refractivity contribution in [1.82, 2.24) is 19.3 Å². The van der Waals surface area contributed by atoms with Crippen molar-refractivity contribution in [3.8, 4) is 0 Å². The van der Waals surface area contributed by atoms with E-state index < -0.39 is 11.9 Å². The van der Waals surface area contributed by atoms with E-state index in [2.05, 4.69) is 10.2 Å². The van der Waals surface area contributed by atoms with Gasteiger partial charge in [-0.05, 0) is 49.2 Å². The maximum atomic E-state index is 12.8. The van der Waals surface area contributed by atoms with E-state index in [4.69, 9.17) is 14.9 Å². The molecule has 0 bridgehead atoms. The zero-order valence-corrected chi connectivity index (χ0v) is 25.3. The number of aliphatic carboxylic acids is 2. The van der Waals surface area contributed by atoms with Gasteiger partial charge in [0, 0.05) is 95.0 Å². The van der Waals surface area contributed by atoms with E-state index in [1.807, 2.05) is 59.1 Å². The van der Waals surface area contributed by atoms with Crippen molar-refractivity contribution in [3.63, 3.8) is 0 Å². The summed E-state index contributed by atoms with van der Waals surface area (Å²) in [7, 11) is 1.86. The number of carboxylic acid groups (broad SMARTS) is 2. The highest BCUT2D eigenvalue weighted by Crippen LogP contribution is 2.26. The summed E-state index contributed by atoms with van der Waals surface area (Å²) in [4.78, 5) is 65.2. The first-order valence-corrected chi connectivity index (χ1v) is 14.9. The third-order valence-electron chi connectivity index (χ3n) is 8.04. The molecule has 0 unspecified atom stereocenters. The Morgan fingerprint density at radius 3 is 1.89 bits per heavy atom. The molecule has 3 saturated heterocycles. The lowest BCUT2D eigenvalue weighted by Crippen LogP contribution is -2.51. The Morgan fingerprint density at radius 2 is 1.36 bits per heavy atom. The van der Waals surface area contributed by atoms with Gasteiger partial charge in [-0.15, -0.1) is 0 Å². The van der Waals surface area contributed by atoms with E-state index in [-0.39, 0.29) is 23.8 Å². The van der Waals surface area contributed by atoms with Gasteiger partial charge in [0.2, 0.25) is 5.91 Å². The number of amides is 4. The summed E-state index contributed by atoms with van der Waals surface area (Å²) in [5, 5.41) is 18.6. The Morgan fingerprint density at radius 1 is 0.778 bits per heavy atom. The highest BCUT2D eigenvalue weighted by molar-refractivity contribution is 5.93. The Labute approximate surface area is 261 Å². The summed E-state index contributed by atoms with van der Waals surface area (Å²) in [5.41, 5.74) is 2.50. The lowest BCUT2D eigenvalue weighted by molar-refractivity contribution is -0.140. The Balaban J connectivity index is 0.000000510. The molecule has 3 N–H and O–H groups in total. The second kappa shape index (κ2) is 15.7. The van der Waals surface area contributed by atoms with E-state index in [0.29, 0.717) is 70.3 Å². The number of rotatable bonds is 6. The molecule has 0 radical (unpaired) electrons.